The number of fused-ring (bicyclic) bond motifs is 1. The number of carboxylic acid groups (broad SMARTS) is 1. The first-order valence-electron chi connectivity index (χ1n) is 6.57. The van der Waals surface area contributed by atoms with Gasteiger partial charge in [0.2, 0.25) is 0 Å². The van der Waals surface area contributed by atoms with Crippen molar-refractivity contribution in [3.05, 3.63) is 47.0 Å². The Kier molecular flexibility index (Phi) is 3.17. The second kappa shape index (κ2) is 5.01. The van der Waals surface area contributed by atoms with E-state index in [1.165, 1.54) is 12.1 Å². The fourth-order valence-corrected chi connectivity index (χ4v) is 2.44. The lowest BCUT2D eigenvalue weighted by atomic mass is 10.1. The molecule has 7 nitrogen and oxygen atoms in total. The third-order valence-corrected chi connectivity index (χ3v) is 3.58. The van der Waals surface area contributed by atoms with Gasteiger partial charge in [0.25, 0.3) is 5.91 Å². The Morgan fingerprint density at radius 3 is 2.71 bits per heavy atom. The molecule has 1 N–H and O–H groups in total. The molecule has 1 aliphatic rings. The molecule has 21 heavy (non-hydrogen) atoms. The van der Waals surface area contributed by atoms with Gasteiger partial charge in [-0.05, 0) is 25.1 Å². The minimum Gasteiger partial charge on any atom is -0.478 e. The number of carbonyl (C=O) groups is 2. The normalized spacial score (nSPS) is 13.9. The van der Waals surface area contributed by atoms with Crippen LogP contribution in [0.1, 0.15) is 32.4 Å². The molecule has 0 radical (unpaired) electrons. The Balaban J connectivity index is 1.83. The standard InChI is InChI=1S/C14H14N4O3/c1-9-15-16-12-8-17(5-6-18(9)12)13(19)10-3-2-4-11(7-10)14(20)21/h2-4,7H,5-6,8H2,1H3,(H,20,21). The van der Waals surface area contributed by atoms with Crippen LogP contribution < -0.4 is 0 Å². The van der Waals surface area contributed by atoms with Crippen molar-refractivity contribution in [3.8, 4) is 0 Å². The highest BCUT2D eigenvalue weighted by Gasteiger charge is 2.24. The molecule has 0 saturated carbocycles. The predicted octanol–water partition coefficient (Wildman–Crippen LogP) is 0.941. The number of hydrogen-bond acceptors (Lipinski definition) is 4. The number of benzene rings is 1. The largest absolute Gasteiger partial charge is 0.478 e. The average Bonchev–Trinajstić information content (AvgIpc) is 2.87. The number of rotatable bonds is 2. The SMILES string of the molecule is Cc1nnc2n1CCN(C(=O)c1cccc(C(=O)O)c1)C2. The number of hydrogen-bond donors (Lipinski definition) is 1. The summed E-state index contributed by atoms with van der Waals surface area (Å²) in [4.78, 5) is 25.1. The summed E-state index contributed by atoms with van der Waals surface area (Å²) < 4.78 is 1.98. The molecule has 0 unspecified atom stereocenters. The Morgan fingerprint density at radius 1 is 1.19 bits per heavy atom. The molecule has 0 aliphatic carbocycles. The first-order chi connectivity index (χ1) is 10.1. The van der Waals surface area contributed by atoms with Crippen LogP contribution in [-0.2, 0) is 13.1 Å². The maximum absolute atomic E-state index is 12.5. The van der Waals surface area contributed by atoms with Crippen molar-refractivity contribution < 1.29 is 14.7 Å². The van der Waals surface area contributed by atoms with Crippen LogP contribution in [0.4, 0.5) is 0 Å². The van der Waals surface area contributed by atoms with Crippen molar-refractivity contribution in [3.63, 3.8) is 0 Å². The third-order valence-electron chi connectivity index (χ3n) is 3.58. The van der Waals surface area contributed by atoms with E-state index in [1.54, 1.807) is 17.0 Å². The van der Waals surface area contributed by atoms with Gasteiger partial charge in [-0.25, -0.2) is 4.79 Å². The third kappa shape index (κ3) is 2.37. The van der Waals surface area contributed by atoms with Crippen LogP contribution in [-0.4, -0.2) is 43.2 Å². The summed E-state index contributed by atoms with van der Waals surface area (Å²) >= 11 is 0. The van der Waals surface area contributed by atoms with Gasteiger partial charge in [0.15, 0.2) is 5.82 Å². The van der Waals surface area contributed by atoms with Gasteiger partial charge in [-0.1, -0.05) is 6.07 Å². The highest BCUT2D eigenvalue weighted by atomic mass is 16.4. The van der Waals surface area contributed by atoms with Gasteiger partial charge in [0.1, 0.15) is 5.82 Å². The first-order valence-corrected chi connectivity index (χ1v) is 6.57. The van der Waals surface area contributed by atoms with Crippen LogP contribution in [0.2, 0.25) is 0 Å². The topological polar surface area (TPSA) is 88.3 Å². The molecule has 0 spiro atoms. The molecule has 0 fully saturated rings. The minimum atomic E-state index is -1.04. The zero-order valence-corrected chi connectivity index (χ0v) is 11.5. The van der Waals surface area contributed by atoms with Crippen molar-refractivity contribution in [2.24, 2.45) is 0 Å². The van der Waals surface area contributed by atoms with E-state index in [1.807, 2.05) is 11.5 Å². The summed E-state index contributed by atoms with van der Waals surface area (Å²) in [7, 11) is 0. The number of aromatic nitrogens is 3. The Bertz CT molecular complexity index is 723. The summed E-state index contributed by atoms with van der Waals surface area (Å²) in [5.74, 6) is 0.357. The summed E-state index contributed by atoms with van der Waals surface area (Å²) in [6.07, 6.45) is 0. The molecular formula is C14H14N4O3. The zero-order valence-electron chi connectivity index (χ0n) is 11.5. The van der Waals surface area contributed by atoms with E-state index in [-0.39, 0.29) is 11.5 Å². The zero-order chi connectivity index (χ0) is 15.0. The summed E-state index contributed by atoms with van der Waals surface area (Å²) in [5.41, 5.74) is 0.483. The number of amides is 1. The molecule has 2 aromatic rings. The van der Waals surface area contributed by atoms with Crippen LogP contribution >= 0.6 is 0 Å². The maximum Gasteiger partial charge on any atom is 0.335 e. The Labute approximate surface area is 120 Å². The van der Waals surface area contributed by atoms with E-state index >= 15 is 0 Å². The van der Waals surface area contributed by atoms with Crippen molar-refractivity contribution in [2.45, 2.75) is 20.0 Å². The van der Waals surface area contributed by atoms with E-state index in [4.69, 9.17) is 5.11 Å². The van der Waals surface area contributed by atoms with E-state index < -0.39 is 5.97 Å². The molecule has 0 saturated heterocycles. The number of aromatic carboxylic acids is 1. The molecule has 108 valence electrons. The van der Waals surface area contributed by atoms with Crippen molar-refractivity contribution in [1.82, 2.24) is 19.7 Å². The van der Waals surface area contributed by atoms with Crippen LogP contribution in [0.25, 0.3) is 0 Å². The molecule has 2 heterocycles. The highest BCUT2D eigenvalue weighted by molar-refractivity contribution is 5.97. The molecular weight excluding hydrogens is 272 g/mol. The summed E-state index contributed by atoms with van der Waals surface area (Å²) in [6, 6.07) is 6.07. The van der Waals surface area contributed by atoms with Gasteiger partial charge in [-0.2, -0.15) is 0 Å². The lowest BCUT2D eigenvalue weighted by Gasteiger charge is -2.27. The van der Waals surface area contributed by atoms with Gasteiger partial charge in [0, 0.05) is 18.7 Å². The molecule has 3 rings (SSSR count). The van der Waals surface area contributed by atoms with E-state index in [9.17, 15) is 9.59 Å². The second-order valence-corrected chi connectivity index (χ2v) is 4.93. The molecule has 1 aromatic heterocycles. The van der Waals surface area contributed by atoms with Crippen molar-refractivity contribution >= 4 is 11.9 Å². The quantitative estimate of drug-likeness (QED) is 0.887. The molecule has 1 amide bonds. The van der Waals surface area contributed by atoms with Gasteiger partial charge >= 0.3 is 5.97 Å². The predicted molar refractivity (Wildman–Crippen MR) is 72.9 cm³/mol. The van der Waals surface area contributed by atoms with E-state index in [0.29, 0.717) is 25.2 Å². The summed E-state index contributed by atoms with van der Waals surface area (Å²) in [6.45, 7) is 3.47. The van der Waals surface area contributed by atoms with E-state index in [0.717, 1.165) is 11.6 Å². The highest BCUT2D eigenvalue weighted by Crippen LogP contribution is 2.16. The van der Waals surface area contributed by atoms with Crippen LogP contribution in [0, 0.1) is 6.92 Å². The van der Waals surface area contributed by atoms with Crippen molar-refractivity contribution in [1.29, 1.82) is 0 Å². The second-order valence-electron chi connectivity index (χ2n) is 4.93. The van der Waals surface area contributed by atoms with Gasteiger partial charge in [-0.15, -0.1) is 10.2 Å². The number of carboxylic acids is 1. The number of aryl methyl sites for hydroxylation is 1. The average molecular weight is 286 g/mol. The minimum absolute atomic E-state index is 0.108. The van der Waals surface area contributed by atoms with Crippen LogP contribution in [0.15, 0.2) is 24.3 Å². The smallest absolute Gasteiger partial charge is 0.335 e. The molecule has 7 heteroatoms. The molecule has 1 aliphatic heterocycles. The fraction of sp³-hybridized carbons (Fsp3) is 0.286. The molecule has 0 atom stereocenters. The van der Waals surface area contributed by atoms with Crippen molar-refractivity contribution in [2.75, 3.05) is 6.54 Å². The number of carbonyl (C=O) groups excluding carboxylic acids is 1. The van der Waals surface area contributed by atoms with Gasteiger partial charge in [-0.3, -0.25) is 4.79 Å². The fourth-order valence-electron chi connectivity index (χ4n) is 2.44. The van der Waals surface area contributed by atoms with Crippen LogP contribution in [0.3, 0.4) is 0 Å². The molecule has 1 aromatic carbocycles. The number of nitrogens with zero attached hydrogens (tertiary/aromatic N) is 4. The Hall–Kier alpha value is -2.70. The molecule has 0 bridgehead atoms. The monoisotopic (exact) mass is 286 g/mol. The lowest BCUT2D eigenvalue weighted by molar-refractivity contribution is 0.0697. The van der Waals surface area contributed by atoms with Crippen LogP contribution in [0.5, 0.6) is 0 Å². The summed E-state index contributed by atoms with van der Waals surface area (Å²) in [5, 5.41) is 17.0. The van der Waals surface area contributed by atoms with E-state index in [2.05, 4.69) is 10.2 Å². The Morgan fingerprint density at radius 2 is 1.95 bits per heavy atom. The maximum atomic E-state index is 12.5. The lowest BCUT2D eigenvalue weighted by Crippen LogP contribution is -2.38. The first kappa shape index (κ1) is 13.3. The van der Waals surface area contributed by atoms with Gasteiger partial charge < -0.3 is 14.6 Å². The van der Waals surface area contributed by atoms with Gasteiger partial charge in [0.05, 0.1) is 12.1 Å².